The molecule has 0 saturated carbocycles. The first kappa shape index (κ1) is 50.1. The summed E-state index contributed by atoms with van der Waals surface area (Å²) in [6.07, 6.45) is 7.95. The normalized spacial score (nSPS) is 17.1. The zero-order chi connectivity index (χ0) is 45.0. The Bertz CT molecular complexity index is 1860. The quantitative estimate of drug-likeness (QED) is 0.0665. The van der Waals surface area contributed by atoms with E-state index in [0.717, 1.165) is 16.7 Å². The lowest BCUT2D eigenvalue weighted by atomic mass is 9.89. The summed E-state index contributed by atoms with van der Waals surface area (Å²) in [7, 11) is 0. The average molecular weight is 892 g/mol. The van der Waals surface area contributed by atoms with E-state index in [0.29, 0.717) is 18.5 Å². The smallest absolute Gasteiger partial charge is 0.407 e. The highest BCUT2D eigenvalue weighted by molar-refractivity contribution is 6.67. The number of nitrogens with one attached hydrogen (secondary N) is 4. The fourth-order valence-electron chi connectivity index (χ4n) is 6.01. The fourth-order valence-corrected chi connectivity index (χ4v) is 6.17. The van der Waals surface area contributed by atoms with Crippen LogP contribution >= 0.6 is 34.8 Å². The molecule has 2 aromatic rings. The van der Waals surface area contributed by atoms with E-state index in [1.165, 1.54) is 5.01 Å². The largest absolute Gasteiger partial charge is 0.460 e. The van der Waals surface area contributed by atoms with Gasteiger partial charge in [0.05, 0.1) is 5.41 Å². The minimum absolute atomic E-state index is 0.0120. The van der Waals surface area contributed by atoms with E-state index in [-0.39, 0.29) is 30.8 Å². The van der Waals surface area contributed by atoms with Crippen LogP contribution in [0.2, 0.25) is 0 Å². The van der Waals surface area contributed by atoms with Crippen molar-refractivity contribution in [2.75, 3.05) is 18.9 Å². The number of anilines is 1. The van der Waals surface area contributed by atoms with Gasteiger partial charge in [-0.3, -0.25) is 24.2 Å². The number of esters is 1. The van der Waals surface area contributed by atoms with Crippen molar-refractivity contribution in [2.24, 2.45) is 17.3 Å². The second kappa shape index (κ2) is 22.0. The lowest BCUT2D eigenvalue weighted by molar-refractivity contribution is -0.153. The third-order valence-electron chi connectivity index (χ3n) is 9.75. The van der Waals surface area contributed by atoms with Gasteiger partial charge >= 0.3 is 12.1 Å². The summed E-state index contributed by atoms with van der Waals surface area (Å²) in [5, 5.41) is 9.95. The van der Waals surface area contributed by atoms with Gasteiger partial charge in [0.15, 0.2) is 0 Å². The van der Waals surface area contributed by atoms with Crippen molar-refractivity contribution in [2.45, 2.75) is 115 Å². The topological polar surface area (TPSA) is 181 Å². The molecule has 13 nitrogen and oxygen atoms in total. The van der Waals surface area contributed by atoms with E-state index >= 15 is 0 Å². The molecule has 3 rings (SSSR count). The molecule has 1 unspecified atom stereocenters. The lowest BCUT2D eigenvalue weighted by Gasteiger charge is -2.35. The number of rotatable bonds is 16. The molecule has 0 bridgehead atoms. The molecule has 0 radical (unpaired) electrons. The predicted molar refractivity (Wildman–Crippen MR) is 239 cm³/mol. The highest BCUT2D eigenvalue weighted by Crippen LogP contribution is 2.27. The molecule has 1 saturated heterocycles. The van der Waals surface area contributed by atoms with Crippen LogP contribution in [-0.4, -0.2) is 81.5 Å². The van der Waals surface area contributed by atoms with Crippen molar-refractivity contribution in [3.8, 4) is 0 Å². The first-order valence-electron chi connectivity index (χ1n) is 20.1. The van der Waals surface area contributed by atoms with Gasteiger partial charge in [0.25, 0.3) is 5.91 Å². The summed E-state index contributed by atoms with van der Waals surface area (Å²) in [5.74, 6) is -2.44. The van der Waals surface area contributed by atoms with Gasteiger partial charge in [0.1, 0.15) is 30.3 Å². The summed E-state index contributed by atoms with van der Waals surface area (Å²) < 4.78 is 8.71. The van der Waals surface area contributed by atoms with Crippen LogP contribution in [0.25, 0.3) is 12.2 Å². The molecule has 0 aromatic heterocycles. The molecule has 0 aliphatic carbocycles. The highest BCUT2D eigenvalue weighted by Gasteiger charge is 2.37. The molecule has 1 fully saturated rings. The minimum atomic E-state index is -1.79. The van der Waals surface area contributed by atoms with Crippen LogP contribution in [0.3, 0.4) is 0 Å². The zero-order valence-electron chi connectivity index (χ0n) is 35.9. The van der Waals surface area contributed by atoms with Gasteiger partial charge in [-0.1, -0.05) is 122 Å². The molecule has 1 heterocycles. The van der Waals surface area contributed by atoms with Crippen molar-refractivity contribution in [1.29, 1.82) is 0 Å². The maximum absolute atomic E-state index is 14.0. The zero-order valence-corrected chi connectivity index (χ0v) is 38.2. The third-order valence-corrected chi connectivity index (χ3v) is 10.1. The van der Waals surface area contributed by atoms with Crippen molar-refractivity contribution in [3.05, 3.63) is 77.4 Å². The number of nitrogens with two attached hydrogens (primary N) is 1. The van der Waals surface area contributed by atoms with Crippen molar-refractivity contribution in [1.82, 2.24) is 26.4 Å². The summed E-state index contributed by atoms with van der Waals surface area (Å²) in [6.45, 7) is 16.2. The van der Waals surface area contributed by atoms with E-state index in [1.54, 1.807) is 45.9 Å². The molecule has 4 amide bonds. The lowest BCUT2D eigenvalue weighted by Crippen LogP contribution is -2.62. The van der Waals surface area contributed by atoms with E-state index < -0.39 is 69.3 Å². The molecule has 5 atom stereocenters. The molecule has 1 aliphatic rings. The molecule has 2 aromatic carbocycles. The summed E-state index contributed by atoms with van der Waals surface area (Å²) in [5.41, 5.74) is 10.6. The number of alkyl carbamates (subject to hydrolysis) is 1. The van der Waals surface area contributed by atoms with Crippen molar-refractivity contribution >= 4 is 82.4 Å². The molecule has 0 spiro atoms. The minimum Gasteiger partial charge on any atom is -0.460 e. The second-order valence-corrected chi connectivity index (χ2v) is 19.6. The maximum Gasteiger partial charge on any atom is 0.407 e. The first-order chi connectivity index (χ1) is 27.8. The number of nitrogen functional groups attached to an aromatic ring is 1. The highest BCUT2D eigenvalue weighted by atomic mass is 35.6. The second-order valence-electron chi connectivity index (χ2n) is 17.1. The monoisotopic (exact) mass is 890 g/mol. The van der Waals surface area contributed by atoms with Crippen molar-refractivity contribution < 1.29 is 33.4 Å². The molecule has 1 aliphatic heterocycles. The van der Waals surface area contributed by atoms with E-state index in [1.807, 2.05) is 89.2 Å². The summed E-state index contributed by atoms with van der Waals surface area (Å²) in [4.78, 5) is 66.7. The maximum atomic E-state index is 14.0. The van der Waals surface area contributed by atoms with E-state index in [9.17, 15) is 24.0 Å². The fraction of sp³-hybridized carbons (Fsp3) is 0.523. The number of carbonyl (C=O) groups is 5. The number of nitrogens with zero attached hydrogens (tertiary/aromatic N) is 1. The summed E-state index contributed by atoms with van der Waals surface area (Å²) in [6, 6.07) is 11.7. The number of ether oxygens (including phenoxy) is 2. The van der Waals surface area contributed by atoms with Crippen LogP contribution in [0.4, 0.5) is 10.5 Å². The number of hydrogen-bond donors (Lipinski definition) is 5. The Morgan fingerprint density at radius 2 is 1.60 bits per heavy atom. The Morgan fingerprint density at radius 3 is 2.20 bits per heavy atom. The number of amides is 4. The predicted octanol–water partition coefficient (Wildman–Crippen LogP) is 7.15. The standard InChI is InChI=1S/C44H61Cl3N6O7/c1-27(2)36(37(54)50-35(25-30-14-11-10-12-15-30)38(55)53-23-13-16-34(52-53)39(56)59-26-44(45,46)47)51-40(57)43(8,9)22-21-31-18-20-32(33(48)24-31)19-17-28(3)29(4)49-41(58)60-42(5,6)7/h10-12,14-15,17-22,24,27-29,34-36,52H,13,16,23,25-26,48H2,1-9H3,(H,49,58)(H,50,54)(H,51,57)/b19-17-,22-21+/t28?,29-,34+,35+,36+/m1/s1. The summed E-state index contributed by atoms with van der Waals surface area (Å²) >= 11 is 17.2. The third kappa shape index (κ3) is 16.6. The van der Waals surface area contributed by atoms with Crippen LogP contribution in [0.5, 0.6) is 0 Å². The Balaban J connectivity index is 1.70. The number of benzene rings is 2. The van der Waals surface area contributed by atoms with Gasteiger partial charge in [0, 0.05) is 24.7 Å². The Labute approximate surface area is 369 Å². The number of alkyl halides is 3. The molecule has 330 valence electrons. The van der Waals surface area contributed by atoms with Crippen LogP contribution < -0.4 is 27.1 Å². The Kier molecular flexibility index (Phi) is 18.3. The van der Waals surface area contributed by atoms with Gasteiger partial charge in [-0.2, -0.15) is 0 Å². The average Bonchev–Trinajstić information content (AvgIpc) is 3.16. The molecule has 60 heavy (non-hydrogen) atoms. The van der Waals surface area contributed by atoms with Crippen molar-refractivity contribution in [3.63, 3.8) is 0 Å². The van der Waals surface area contributed by atoms with Gasteiger partial charge in [-0.15, -0.1) is 0 Å². The van der Waals surface area contributed by atoms with Crippen LogP contribution in [-0.2, 0) is 35.1 Å². The molecular formula is C44H61Cl3N6O7. The van der Waals surface area contributed by atoms with Crippen LogP contribution in [0.1, 0.15) is 91.8 Å². The van der Waals surface area contributed by atoms with Gasteiger partial charge in [-0.05, 0) is 89.0 Å². The van der Waals surface area contributed by atoms with Gasteiger partial charge in [-0.25, -0.2) is 10.2 Å². The van der Waals surface area contributed by atoms with Gasteiger partial charge < -0.3 is 31.2 Å². The Morgan fingerprint density at radius 1 is 0.933 bits per heavy atom. The molecular weight excluding hydrogens is 831 g/mol. The number of halogens is 3. The van der Waals surface area contributed by atoms with E-state index in [4.69, 9.17) is 50.0 Å². The first-order valence-corrected chi connectivity index (χ1v) is 21.2. The number of hydrogen-bond acceptors (Lipinski definition) is 9. The van der Waals surface area contributed by atoms with E-state index in [2.05, 4.69) is 21.4 Å². The molecule has 16 heteroatoms. The Hall–Kier alpha value is -4.30. The van der Waals surface area contributed by atoms with Crippen LogP contribution in [0, 0.1) is 17.3 Å². The van der Waals surface area contributed by atoms with Crippen LogP contribution in [0.15, 0.2) is 60.7 Å². The number of carbonyl (C=O) groups excluding carboxylic acids is 5. The molecule has 6 N–H and O–H groups in total. The number of hydrazine groups is 1. The van der Waals surface area contributed by atoms with Gasteiger partial charge in [0.2, 0.25) is 15.6 Å². The SMILES string of the molecule is CC(C)[C@H](NC(=O)C(C)(C)/C=C/c1ccc(/C=C\C(C)[C@@H](C)NC(=O)OC(C)(C)C)c(N)c1)C(=O)N[C@@H](Cc1ccccc1)C(=O)N1CCC[C@@H](C(=O)OCC(Cl)(Cl)Cl)N1.